The molecule has 0 fully saturated rings. The molecule has 21 heavy (non-hydrogen) atoms. The molecule has 2 amide bonds. The van der Waals surface area contributed by atoms with Gasteiger partial charge in [0.1, 0.15) is 0 Å². The van der Waals surface area contributed by atoms with E-state index >= 15 is 0 Å². The molecule has 2 N–H and O–H groups in total. The molecule has 0 radical (unpaired) electrons. The molecule has 0 aromatic carbocycles. The second-order valence-corrected chi connectivity index (χ2v) is 5.48. The standard InChI is InChI=1S/C12H18F3N3O3/c1-6(2)8-5-11(21,12(13,14)15)18(17-8)10(20)9(19)16-7(3)4/h6-7,21H,5H2,1-4H3,(H,16,19). The maximum Gasteiger partial charge on any atom is 0.438 e. The summed E-state index contributed by atoms with van der Waals surface area (Å²) in [5, 5.41) is 15.4. The van der Waals surface area contributed by atoms with Crippen molar-refractivity contribution in [2.75, 3.05) is 0 Å². The Balaban J connectivity index is 3.14. The quantitative estimate of drug-likeness (QED) is 0.747. The predicted molar refractivity (Wildman–Crippen MR) is 68.0 cm³/mol. The first-order valence-electron chi connectivity index (χ1n) is 6.41. The van der Waals surface area contributed by atoms with Crippen molar-refractivity contribution in [3.8, 4) is 0 Å². The first-order valence-corrected chi connectivity index (χ1v) is 6.41. The lowest BCUT2D eigenvalue weighted by atomic mass is 9.99. The molecule has 0 aromatic heterocycles. The number of amides is 2. The Kier molecular flexibility index (Phi) is 4.66. The minimum Gasteiger partial charge on any atom is -0.362 e. The Hall–Kier alpha value is -1.64. The summed E-state index contributed by atoms with van der Waals surface area (Å²) in [6.07, 6.45) is -5.99. The van der Waals surface area contributed by atoms with E-state index in [9.17, 15) is 27.9 Å². The van der Waals surface area contributed by atoms with Crippen LogP contribution in [-0.4, -0.2) is 45.6 Å². The van der Waals surface area contributed by atoms with Gasteiger partial charge in [-0.05, 0) is 19.8 Å². The van der Waals surface area contributed by atoms with Crippen LogP contribution in [0.1, 0.15) is 34.1 Å². The third-order valence-electron chi connectivity index (χ3n) is 2.93. The van der Waals surface area contributed by atoms with Crippen molar-refractivity contribution in [2.45, 2.75) is 52.1 Å². The van der Waals surface area contributed by atoms with Crippen LogP contribution >= 0.6 is 0 Å². The number of hydrogen-bond donors (Lipinski definition) is 2. The van der Waals surface area contributed by atoms with Crippen molar-refractivity contribution >= 4 is 17.5 Å². The number of carbonyl (C=O) groups is 2. The molecule has 0 saturated heterocycles. The molecule has 1 aliphatic rings. The maximum atomic E-state index is 13.1. The highest BCUT2D eigenvalue weighted by molar-refractivity contribution is 6.35. The fraction of sp³-hybridized carbons (Fsp3) is 0.750. The van der Waals surface area contributed by atoms with E-state index in [1.165, 1.54) is 0 Å². The molecule has 0 bridgehead atoms. The number of aliphatic hydroxyl groups is 1. The van der Waals surface area contributed by atoms with E-state index in [-0.39, 0.29) is 10.7 Å². The zero-order chi connectivity index (χ0) is 16.6. The van der Waals surface area contributed by atoms with Gasteiger partial charge in [0.25, 0.3) is 5.72 Å². The van der Waals surface area contributed by atoms with E-state index in [4.69, 9.17) is 0 Å². The molecule has 9 heteroatoms. The second kappa shape index (κ2) is 5.63. The molecule has 0 spiro atoms. The van der Waals surface area contributed by atoms with Gasteiger partial charge in [0, 0.05) is 18.2 Å². The smallest absolute Gasteiger partial charge is 0.362 e. The van der Waals surface area contributed by atoms with E-state index < -0.39 is 42.1 Å². The minimum atomic E-state index is -5.12. The van der Waals surface area contributed by atoms with Gasteiger partial charge in [0.15, 0.2) is 0 Å². The van der Waals surface area contributed by atoms with Crippen LogP contribution in [0.2, 0.25) is 0 Å². The van der Waals surface area contributed by atoms with Gasteiger partial charge in [0.05, 0.1) is 0 Å². The molecular formula is C12H18F3N3O3. The summed E-state index contributed by atoms with van der Waals surface area (Å²) in [7, 11) is 0. The van der Waals surface area contributed by atoms with Gasteiger partial charge in [-0.1, -0.05) is 13.8 Å². The minimum absolute atomic E-state index is 0.000483. The molecule has 1 unspecified atom stereocenters. The topological polar surface area (TPSA) is 82.0 Å². The Morgan fingerprint density at radius 3 is 2.24 bits per heavy atom. The predicted octanol–water partition coefficient (Wildman–Crippen LogP) is 1.01. The van der Waals surface area contributed by atoms with E-state index in [2.05, 4.69) is 10.4 Å². The third-order valence-corrected chi connectivity index (χ3v) is 2.93. The molecule has 1 rings (SSSR count). The molecule has 0 aliphatic carbocycles. The number of carbonyl (C=O) groups excluding carboxylic acids is 2. The van der Waals surface area contributed by atoms with Crippen molar-refractivity contribution in [3.63, 3.8) is 0 Å². The highest BCUT2D eigenvalue weighted by Gasteiger charge is 2.64. The van der Waals surface area contributed by atoms with Gasteiger partial charge in [-0.3, -0.25) is 9.59 Å². The van der Waals surface area contributed by atoms with Crippen molar-refractivity contribution < 1.29 is 27.9 Å². The summed E-state index contributed by atoms with van der Waals surface area (Å²) in [6.45, 7) is 6.26. The van der Waals surface area contributed by atoms with E-state index in [0.717, 1.165) is 0 Å². The van der Waals surface area contributed by atoms with Crippen LogP contribution in [-0.2, 0) is 9.59 Å². The van der Waals surface area contributed by atoms with Crippen LogP contribution in [0.15, 0.2) is 5.10 Å². The number of hydrazone groups is 1. The summed E-state index contributed by atoms with van der Waals surface area (Å²) in [6, 6.07) is -0.434. The first kappa shape index (κ1) is 17.4. The highest BCUT2D eigenvalue weighted by atomic mass is 19.4. The Labute approximate surface area is 120 Å². The monoisotopic (exact) mass is 309 g/mol. The Morgan fingerprint density at radius 2 is 1.86 bits per heavy atom. The number of halogens is 3. The van der Waals surface area contributed by atoms with Crippen molar-refractivity contribution in [2.24, 2.45) is 11.0 Å². The van der Waals surface area contributed by atoms with Crippen LogP contribution in [0.4, 0.5) is 13.2 Å². The van der Waals surface area contributed by atoms with E-state index in [1.54, 1.807) is 27.7 Å². The molecule has 120 valence electrons. The molecule has 1 aliphatic heterocycles. The SMILES string of the molecule is CC(C)NC(=O)C(=O)N1N=C(C(C)C)CC1(O)C(F)(F)F. The van der Waals surface area contributed by atoms with Crippen LogP contribution in [0.3, 0.4) is 0 Å². The number of hydrogen-bond acceptors (Lipinski definition) is 4. The van der Waals surface area contributed by atoms with Gasteiger partial charge in [-0.15, -0.1) is 0 Å². The maximum absolute atomic E-state index is 13.1. The fourth-order valence-corrected chi connectivity index (χ4v) is 1.75. The molecule has 6 nitrogen and oxygen atoms in total. The van der Waals surface area contributed by atoms with Crippen LogP contribution in [0.5, 0.6) is 0 Å². The van der Waals surface area contributed by atoms with Crippen molar-refractivity contribution in [3.05, 3.63) is 0 Å². The average molecular weight is 309 g/mol. The molecule has 1 atom stereocenters. The molecule has 0 aromatic rings. The molecular weight excluding hydrogens is 291 g/mol. The summed E-state index contributed by atoms with van der Waals surface area (Å²) in [5.41, 5.74) is -3.49. The van der Waals surface area contributed by atoms with Gasteiger partial charge in [-0.25, -0.2) is 0 Å². The van der Waals surface area contributed by atoms with Crippen molar-refractivity contribution in [1.29, 1.82) is 0 Å². The summed E-state index contributed by atoms with van der Waals surface area (Å²) < 4.78 is 39.2. The van der Waals surface area contributed by atoms with Gasteiger partial charge in [-0.2, -0.15) is 23.3 Å². The largest absolute Gasteiger partial charge is 0.438 e. The normalized spacial score (nSPS) is 22.8. The molecule has 0 saturated carbocycles. The van der Waals surface area contributed by atoms with E-state index in [0.29, 0.717) is 0 Å². The summed E-state index contributed by atoms with van der Waals surface area (Å²) in [4.78, 5) is 23.4. The van der Waals surface area contributed by atoms with Crippen LogP contribution in [0, 0.1) is 5.92 Å². The fourth-order valence-electron chi connectivity index (χ4n) is 1.75. The lowest BCUT2D eigenvalue weighted by Crippen LogP contribution is -2.59. The first-order chi connectivity index (χ1) is 9.40. The number of nitrogens with one attached hydrogen (secondary N) is 1. The summed E-state index contributed by atoms with van der Waals surface area (Å²) >= 11 is 0. The third kappa shape index (κ3) is 3.34. The number of nitrogens with zero attached hydrogens (tertiary/aromatic N) is 2. The van der Waals surface area contributed by atoms with Gasteiger partial charge in [0.2, 0.25) is 0 Å². The Morgan fingerprint density at radius 1 is 1.33 bits per heavy atom. The van der Waals surface area contributed by atoms with Gasteiger partial charge >= 0.3 is 18.0 Å². The Bertz CT molecular complexity index is 474. The van der Waals surface area contributed by atoms with Crippen LogP contribution < -0.4 is 5.32 Å². The second-order valence-electron chi connectivity index (χ2n) is 5.48. The van der Waals surface area contributed by atoms with E-state index in [1.807, 2.05) is 0 Å². The zero-order valence-corrected chi connectivity index (χ0v) is 12.2. The average Bonchev–Trinajstić information content (AvgIpc) is 2.66. The molecule has 1 heterocycles. The van der Waals surface area contributed by atoms with Gasteiger partial charge < -0.3 is 10.4 Å². The summed E-state index contributed by atoms with van der Waals surface area (Å²) in [5.74, 6) is -3.19. The van der Waals surface area contributed by atoms with Crippen molar-refractivity contribution in [1.82, 2.24) is 10.3 Å². The number of alkyl halides is 3. The zero-order valence-electron chi connectivity index (χ0n) is 12.2. The lowest BCUT2D eigenvalue weighted by Gasteiger charge is -2.32. The van der Waals surface area contributed by atoms with Crippen LogP contribution in [0.25, 0.3) is 0 Å². The highest BCUT2D eigenvalue weighted by Crippen LogP contribution is 2.41. The lowest BCUT2D eigenvalue weighted by molar-refractivity contribution is -0.301. The number of rotatable bonds is 2.